The molecule has 46 heavy (non-hydrogen) atoms. The van der Waals surface area contributed by atoms with Crippen molar-refractivity contribution in [3.05, 3.63) is 90.0 Å². The Morgan fingerprint density at radius 3 is 2.39 bits per heavy atom. The van der Waals surface area contributed by atoms with E-state index in [9.17, 15) is 14.7 Å². The SMILES string of the molecule is C=CCN(Cc1ccccc1)C(=O)[C@@H]1[C@H]2C(=O)N([C@@H](CO)CC(C)C)C(C(=O)N(CC=C)c3c(C)cccc3Cl)C23CC[C@@]1(C)O3. The molecule has 5 rings (SSSR count). The summed E-state index contributed by atoms with van der Waals surface area (Å²) in [7, 11) is 0. The maximum absolute atomic E-state index is 15.0. The summed E-state index contributed by atoms with van der Waals surface area (Å²) in [4.78, 5) is 49.3. The highest BCUT2D eigenvalue weighted by Gasteiger charge is 2.79. The summed E-state index contributed by atoms with van der Waals surface area (Å²) < 4.78 is 6.92. The molecule has 3 fully saturated rings. The fourth-order valence-corrected chi connectivity index (χ4v) is 8.48. The van der Waals surface area contributed by atoms with Gasteiger partial charge in [0.1, 0.15) is 11.6 Å². The van der Waals surface area contributed by atoms with Gasteiger partial charge in [-0.15, -0.1) is 13.2 Å². The number of amides is 3. The van der Waals surface area contributed by atoms with Crippen LogP contribution >= 0.6 is 11.6 Å². The highest BCUT2D eigenvalue weighted by Crippen LogP contribution is 2.64. The minimum absolute atomic E-state index is 0.134. The van der Waals surface area contributed by atoms with E-state index in [1.54, 1.807) is 32.9 Å². The third-order valence-electron chi connectivity index (χ3n) is 9.98. The van der Waals surface area contributed by atoms with Gasteiger partial charge in [0.2, 0.25) is 11.8 Å². The Hall–Kier alpha value is -3.46. The van der Waals surface area contributed by atoms with Gasteiger partial charge in [-0.25, -0.2) is 0 Å². The van der Waals surface area contributed by atoms with E-state index < -0.39 is 35.1 Å². The first-order valence-corrected chi connectivity index (χ1v) is 16.6. The molecule has 0 radical (unpaired) electrons. The first kappa shape index (κ1) is 33.9. The second-order valence-electron chi connectivity index (χ2n) is 13.6. The van der Waals surface area contributed by atoms with Crippen LogP contribution in [0.2, 0.25) is 5.02 Å². The molecule has 2 aromatic carbocycles. The summed E-state index contributed by atoms with van der Waals surface area (Å²) in [5, 5.41) is 11.1. The van der Waals surface area contributed by atoms with E-state index in [0.717, 1.165) is 11.1 Å². The maximum atomic E-state index is 15.0. The minimum Gasteiger partial charge on any atom is -0.394 e. The molecule has 246 valence electrons. The van der Waals surface area contributed by atoms with Gasteiger partial charge in [-0.1, -0.05) is 80.1 Å². The highest BCUT2D eigenvalue weighted by molar-refractivity contribution is 6.34. The number of rotatable bonds is 13. The van der Waals surface area contributed by atoms with Crippen LogP contribution in [0.1, 0.15) is 51.2 Å². The highest BCUT2D eigenvalue weighted by atomic mass is 35.5. The molecular weight excluding hydrogens is 602 g/mol. The number of carbonyl (C=O) groups is 3. The van der Waals surface area contributed by atoms with Crippen molar-refractivity contribution in [3.63, 3.8) is 0 Å². The molecule has 0 aromatic heterocycles. The lowest BCUT2D eigenvalue weighted by molar-refractivity contribution is -0.152. The van der Waals surface area contributed by atoms with Crippen molar-refractivity contribution in [3.8, 4) is 0 Å². The predicted octanol–water partition coefficient (Wildman–Crippen LogP) is 5.55. The number of para-hydroxylation sites is 1. The summed E-state index contributed by atoms with van der Waals surface area (Å²) in [6.07, 6.45) is 4.74. The summed E-state index contributed by atoms with van der Waals surface area (Å²) in [6, 6.07) is 13.4. The van der Waals surface area contributed by atoms with Crippen molar-refractivity contribution < 1.29 is 24.2 Å². The Morgan fingerprint density at radius 1 is 1.09 bits per heavy atom. The number of nitrogens with zero attached hydrogens (tertiary/aromatic N) is 3. The lowest BCUT2D eigenvalue weighted by Gasteiger charge is -2.40. The number of ether oxygens (including phenoxy) is 1. The molecule has 8 nitrogen and oxygen atoms in total. The number of hydrogen-bond acceptors (Lipinski definition) is 5. The van der Waals surface area contributed by atoms with Crippen molar-refractivity contribution in [2.24, 2.45) is 17.8 Å². The largest absolute Gasteiger partial charge is 0.394 e. The number of benzene rings is 2. The molecule has 3 aliphatic rings. The van der Waals surface area contributed by atoms with Gasteiger partial charge in [-0.3, -0.25) is 14.4 Å². The number of aliphatic hydroxyl groups excluding tert-OH is 1. The normalized spacial score (nSPS) is 27.1. The molecule has 2 unspecified atom stereocenters. The summed E-state index contributed by atoms with van der Waals surface area (Å²) in [5.74, 6) is -2.46. The lowest BCUT2D eigenvalue weighted by atomic mass is 9.66. The van der Waals surface area contributed by atoms with E-state index in [0.29, 0.717) is 43.1 Å². The topological polar surface area (TPSA) is 90.4 Å². The number of carbonyl (C=O) groups excluding carboxylic acids is 3. The van der Waals surface area contributed by atoms with E-state index in [1.165, 1.54) is 0 Å². The fraction of sp³-hybridized carbons (Fsp3) is 0.486. The summed E-state index contributed by atoms with van der Waals surface area (Å²) in [6.45, 7) is 16.1. The van der Waals surface area contributed by atoms with E-state index in [2.05, 4.69) is 13.2 Å². The molecule has 3 saturated heterocycles. The van der Waals surface area contributed by atoms with E-state index >= 15 is 4.79 Å². The maximum Gasteiger partial charge on any atom is 0.253 e. The fourth-order valence-electron chi connectivity index (χ4n) is 8.15. The zero-order valence-electron chi connectivity index (χ0n) is 27.3. The molecule has 2 bridgehead atoms. The van der Waals surface area contributed by atoms with Crippen LogP contribution in [0.15, 0.2) is 73.8 Å². The van der Waals surface area contributed by atoms with Gasteiger partial charge in [0.15, 0.2) is 0 Å². The molecule has 9 heteroatoms. The van der Waals surface area contributed by atoms with Crippen LogP contribution < -0.4 is 4.90 Å². The average Bonchev–Trinajstić information content (AvgIpc) is 3.59. The Labute approximate surface area is 277 Å². The standard InChI is InChI=1S/C37H46ClN3O5/c1-7-19-39(22-26-14-10-9-11-15-26)33(43)29-30-34(44)41(27(23-42)21-24(3)4)32(37(30)18-17-36(29,6)46-37)35(45)40(20-8-2)31-25(5)13-12-16-28(31)38/h7-16,24,27,29-30,32,42H,1-2,17-23H2,3-6H3/t27-,29+,30+,32?,36-,37?/m1/s1. The van der Waals surface area contributed by atoms with Crippen molar-refractivity contribution in [2.75, 3.05) is 24.6 Å². The Balaban J connectivity index is 1.63. The molecule has 3 heterocycles. The summed E-state index contributed by atoms with van der Waals surface area (Å²) in [5.41, 5.74) is 0.0910. The van der Waals surface area contributed by atoms with Gasteiger partial charge < -0.3 is 24.5 Å². The van der Waals surface area contributed by atoms with E-state index in [4.69, 9.17) is 16.3 Å². The van der Waals surface area contributed by atoms with E-state index in [-0.39, 0.29) is 36.8 Å². The molecule has 0 aliphatic carbocycles. The average molecular weight is 648 g/mol. The van der Waals surface area contributed by atoms with Crippen molar-refractivity contribution in [1.82, 2.24) is 9.80 Å². The number of halogens is 1. The van der Waals surface area contributed by atoms with E-state index in [1.807, 2.05) is 70.2 Å². The van der Waals surface area contributed by atoms with Crippen LogP contribution in [-0.2, 0) is 25.7 Å². The smallest absolute Gasteiger partial charge is 0.253 e. The number of aliphatic hydroxyl groups is 1. The number of aryl methyl sites for hydroxylation is 1. The Bertz CT molecular complexity index is 1480. The zero-order valence-corrected chi connectivity index (χ0v) is 28.1. The number of anilines is 1. The molecule has 1 N–H and O–H groups in total. The first-order chi connectivity index (χ1) is 21.9. The third kappa shape index (κ3) is 5.69. The Kier molecular flexibility index (Phi) is 9.83. The van der Waals surface area contributed by atoms with Crippen LogP contribution in [0.25, 0.3) is 0 Å². The number of likely N-dealkylation sites (tertiary alicyclic amines) is 1. The zero-order chi connectivity index (χ0) is 33.4. The van der Waals surface area contributed by atoms with Crippen molar-refractivity contribution in [1.29, 1.82) is 0 Å². The van der Waals surface area contributed by atoms with Gasteiger partial charge in [0.05, 0.1) is 40.8 Å². The molecule has 0 saturated carbocycles. The second-order valence-corrected chi connectivity index (χ2v) is 14.0. The van der Waals surface area contributed by atoms with Crippen molar-refractivity contribution in [2.45, 2.75) is 76.8 Å². The van der Waals surface area contributed by atoms with Crippen molar-refractivity contribution >= 4 is 35.0 Å². The molecule has 3 amide bonds. The number of fused-ring (bicyclic) bond motifs is 1. The van der Waals surface area contributed by atoms with Gasteiger partial charge >= 0.3 is 0 Å². The Morgan fingerprint density at radius 2 is 1.78 bits per heavy atom. The van der Waals surface area contributed by atoms with Gasteiger partial charge in [0.25, 0.3) is 5.91 Å². The van der Waals surface area contributed by atoms with Gasteiger partial charge in [0, 0.05) is 19.6 Å². The third-order valence-corrected chi connectivity index (χ3v) is 10.3. The summed E-state index contributed by atoms with van der Waals surface area (Å²) >= 11 is 6.70. The molecular formula is C37H46ClN3O5. The molecule has 2 aromatic rings. The van der Waals surface area contributed by atoms with Crippen LogP contribution in [0.4, 0.5) is 5.69 Å². The van der Waals surface area contributed by atoms with Crippen LogP contribution in [0.5, 0.6) is 0 Å². The molecule has 6 atom stereocenters. The first-order valence-electron chi connectivity index (χ1n) is 16.2. The quantitative estimate of drug-likeness (QED) is 0.288. The van der Waals surface area contributed by atoms with Crippen LogP contribution in [0, 0.1) is 24.7 Å². The monoisotopic (exact) mass is 647 g/mol. The van der Waals surface area contributed by atoms with Crippen LogP contribution in [-0.4, -0.2) is 75.6 Å². The number of hydrogen-bond donors (Lipinski definition) is 1. The van der Waals surface area contributed by atoms with Crippen LogP contribution in [0.3, 0.4) is 0 Å². The molecule has 3 aliphatic heterocycles. The predicted molar refractivity (Wildman–Crippen MR) is 180 cm³/mol. The molecule has 1 spiro atoms. The lowest BCUT2D eigenvalue weighted by Crippen LogP contribution is -2.59. The minimum atomic E-state index is -1.26. The van der Waals surface area contributed by atoms with Gasteiger partial charge in [-0.2, -0.15) is 0 Å². The van der Waals surface area contributed by atoms with Gasteiger partial charge in [-0.05, 0) is 56.2 Å². The second kappa shape index (κ2) is 13.3.